The van der Waals surface area contributed by atoms with Crippen LogP contribution in [0.3, 0.4) is 0 Å². The molecule has 2 amide bonds. The molecule has 28 heavy (non-hydrogen) atoms. The van der Waals surface area contributed by atoms with E-state index in [1.165, 1.54) is 19.3 Å². The summed E-state index contributed by atoms with van der Waals surface area (Å²) in [6.07, 6.45) is 6.80. The fourth-order valence-corrected chi connectivity index (χ4v) is 6.18. The lowest BCUT2D eigenvalue weighted by Crippen LogP contribution is -2.57. The summed E-state index contributed by atoms with van der Waals surface area (Å²) in [6, 6.07) is 4.55. The first-order chi connectivity index (χ1) is 13.3. The first kappa shape index (κ1) is 19.3. The summed E-state index contributed by atoms with van der Waals surface area (Å²) in [5.74, 6) is 1.86. The van der Waals surface area contributed by atoms with Crippen LogP contribution in [0.2, 0.25) is 0 Å². The third-order valence-electron chi connectivity index (χ3n) is 7.17. The zero-order chi connectivity index (χ0) is 20.1. The van der Waals surface area contributed by atoms with Crippen LogP contribution >= 0.6 is 0 Å². The maximum atomic E-state index is 13.3. The molecular weight excluding hydrogens is 352 g/mol. The molecule has 4 fully saturated rings. The number of anilines is 1. The predicted molar refractivity (Wildman–Crippen MR) is 109 cm³/mol. The van der Waals surface area contributed by atoms with Crippen LogP contribution in [0.25, 0.3) is 0 Å². The smallest absolute Gasteiger partial charge is 0.247 e. The van der Waals surface area contributed by atoms with E-state index >= 15 is 0 Å². The summed E-state index contributed by atoms with van der Waals surface area (Å²) in [5.41, 5.74) is 1.03. The Bertz CT molecular complexity index is 751. The van der Waals surface area contributed by atoms with Crippen LogP contribution in [0.1, 0.15) is 57.9 Å². The van der Waals surface area contributed by atoms with Crippen molar-refractivity contribution in [2.75, 3.05) is 5.32 Å². The Morgan fingerprint density at radius 2 is 1.64 bits per heavy atom. The van der Waals surface area contributed by atoms with Crippen LogP contribution in [0.5, 0.6) is 5.75 Å². The molecular formula is C23H32N2O3. The van der Waals surface area contributed by atoms with Gasteiger partial charge < -0.3 is 15.7 Å². The third kappa shape index (κ3) is 3.51. The first-order valence-corrected chi connectivity index (χ1v) is 10.7. The van der Waals surface area contributed by atoms with Gasteiger partial charge in [-0.25, -0.2) is 0 Å². The van der Waals surface area contributed by atoms with Gasteiger partial charge in [0.15, 0.2) is 0 Å². The van der Waals surface area contributed by atoms with E-state index in [2.05, 4.69) is 10.6 Å². The molecule has 0 spiro atoms. The number of carbonyl (C=O) groups is 2. The number of carbonyl (C=O) groups excluding carboxylic acids is 2. The maximum absolute atomic E-state index is 13.3. The number of nitrogens with one attached hydrogen (secondary N) is 2. The Kier molecular flexibility index (Phi) is 4.88. The number of rotatable bonds is 5. The van der Waals surface area contributed by atoms with Gasteiger partial charge in [0.05, 0.1) is 5.69 Å². The Hall–Kier alpha value is -2.04. The molecule has 5 nitrogen and oxygen atoms in total. The largest absolute Gasteiger partial charge is 0.506 e. The lowest BCUT2D eigenvalue weighted by atomic mass is 9.49. The number of hydrogen-bond acceptors (Lipinski definition) is 3. The van der Waals surface area contributed by atoms with Crippen molar-refractivity contribution in [1.29, 1.82) is 0 Å². The normalized spacial score (nSPS) is 31.6. The highest BCUT2D eigenvalue weighted by Crippen LogP contribution is 2.60. The van der Waals surface area contributed by atoms with Crippen LogP contribution in [0, 0.1) is 36.0 Å². The lowest BCUT2D eigenvalue weighted by Gasteiger charge is -2.55. The highest BCUT2D eigenvalue weighted by atomic mass is 16.3. The maximum Gasteiger partial charge on any atom is 0.247 e. The van der Waals surface area contributed by atoms with Crippen molar-refractivity contribution in [2.45, 2.75) is 65.3 Å². The van der Waals surface area contributed by atoms with E-state index in [9.17, 15) is 14.7 Å². The van der Waals surface area contributed by atoms with Crippen LogP contribution in [-0.4, -0.2) is 23.0 Å². The zero-order valence-electron chi connectivity index (χ0n) is 17.1. The van der Waals surface area contributed by atoms with E-state index in [1.54, 1.807) is 12.1 Å². The van der Waals surface area contributed by atoms with Crippen LogP contribution in [-0.2, 0) is 9.59 Å². The van der Waals surface area contributed by atoms with Gasteiger partial charge >= 0.3 is 0 Å². The van der Waals surface area contributed by atoms with Gasteiger partial charge in [-0.1, -0.05) is 19.9 Å². The fourth-order valence-electron chi connectivity index (χ4n) is 6.18. The minimum Gasteiger partial charge on any atom is -0.506 e. The molecule has 0 saturated heterocycles. The van der Waals surface area contributed by atoms with Gasteiger partial charge in [0.2, 0.25) is 11.8 Å². The van der Waals surface area contributed by atoms with Crippen molar-refractivity contribution in [3.63, 3.8) is 0 Å². The number of phenols is 1. The van der Waals surface area contributed by atoms with Crippen LogP contribution in [0.15, 0.2) is 18.2 Å². The average molecular weight is 385 g/mol. The molecule has 0 heterocycles. The molecule has 4 bridgehead atoms. The monoisotopic (exact) mass is 384 g/mol. The van der Waals surface area contributed by atoms with E-state index in [-0.39, 0.29) is 28.9 Å². The molecule has 4 saturated carbocycles. The number of amides is 2. The highest BCUT2D eigenvalue weighted by Gasteiger charge is 2.55. The van der Waals surface area contributed by atoms with E-state index in [1.807, 2.05) is 26.8 Å². The quantitative estimate of drug-likeness (QED) is 0.672. The summed E-state index contributed by atoms with van der Waals surface area (Å²) in [5, 5.41) is 16.0. The van der Waals surface area contributed by atoms with Gasteiger partial charge in [-0.2, -0.15) is 0 Å². The van der Waals surface area contributed by atoms with Crippen molar-refractivity contribution in [1.82, 2.24) is 5.32 Å². The van der Waals surface area contributed by atoms with Gasteiger partial charge in [0.1, 0.15) is 11.8 Å². The Balaban J connectivity index is 1.47. The molecule has 1 aromatic rings. The van der Waals surface area contributed by atoms with Crippen molar-refractivity contribution in [2.24, 2.45) is 29.1 Å². The van der Waals surface area contributed by atoms with Crippen LogP contribution in [0.4, 0.5) is 5.69 Å². The van der Waals surface area contributed by atoms with Gasteiger partial charge in [0, 0.05) is 5.41 Å². The molecule has 1 atom stereocenters. The number of phenolic OH excluding ortho intramolecular Hbond substituents is 1. The highest BCUT2D eigenvalue weighted by molar-refractivity contribution is 5.99. The van der Waals surface area contributed by atoms with E-state index < -0.39 is 6.04 Å². The van der Waals surface area contributed by atoms with Gasteiger partial charge in [-0.3, -0.25) is 9.59 Å². The second kappa shape index (κ2) is 7.09. The molecule has 0 aromatic heterocycles. The second-order valence-electron chi connectivity index (χ2n) is 9.90. The standard InChI is InChI=1S/C23H32N2O3/c1-13(2)20(21(27)24-18-5-4-14(3)6-19(18)26)25-22(28)23-10-15-7-16(11-23)9-17(8-15)12-23/h4-6,13,15-17,20,26H,7-12H2,1-3H3,(H,24,27)(H,25,28). The average Bonchev–Trinajstić information content (AvgIpc) is 2.60. The van der Waals surface area contributed by atoms with E-state index in [4.69, 9.17) is 0 Å². The van der Waals surface area contributed by atoms with Gasteiger partial charge in [0.25, 0.3) is 0 Å². The molecule has 5 rings (SSSR count). The van der Waals surface area contributed by atoms with E-state index in [0.717, 1.165) is 24.8 Å². The summed E-state index contributed by atoms with van der Waals surface area (Å²) in [6.45, 7) is 5.77. The fraction of sp³-hybridized carbons (Fsp3) is 0.652. The zero-order valence-corrected chi connectivity index (χ0v) is 17.1. The second-order valence-corrected chi connectivity index (χ2v) is 9.90. The summed E-state index contributed by atoms with van der Waals surface area (Å²) in [7, 11) is 0. The number of hydrogen-bond donors (Lipinski definition) is 3. The van der Waals surface area contributed by atoms with Crippen molar-refractivity contribution in [3.8, 4) is 5.75 Å². The predicted octanol–water partition coefficient (Wildman–Crippen LogP) is 4.00. The molecule has 0 aliphatic heterocycles. The Morgan fingerprint density at radius 1 is 1.07 bits per heavy atom. The minimum atomic E-state index is -0.610. The minimum absolute atomic E-state index is 0.0366. The summed E-state index contributed by atoms with van der Waals surface area (Å²) >= 11 is 0. The molecule has 3 N–H and O–H groups in total. The topological polar surface area (TPSA) is 78.4 Å². The Labute approximate surface area is 167 Å². The lowest BCUT2D eigenvalue weighted by molar-refractivity contribution is -0.148. The van der Waals surface area contributed by atoms with Gasteiger partial charge in [-0.15, -0.1) is 0 Å². The number of aryl methyl sites for hydroxylation is 1. The molecule has 4 aliphatic carbocycles. The third-order valence-corrected chi connectivity index (χ3v) is 7.17. The SMILES string of the molecule is Cc1ccc(NC(=O)C(NC(=O)C23CC4CC(CC(C4)C2)C3)C(C)C)c(O)c1. The molecule has 4 aliphatic rings. The number of aromatic hydroxyl groups is 1. The van der Waals surface area contributed by atoms with Crippen LogP contribution < -0.4 is 10.6 Å². The van der Waals surface area contributed by atoms with Crippen molar-refractivity contribution in [3.05, 3.63) is 23.8 Å². The van der Waals surface area contributed by atoms with E-state index in [0.29, 0.717) is 23.4 Å². The van der Waals surface area contributed by atoms with Crippen molar-refractivity contribution >= 4 is 17.5 Å². The van der Waals surface area contributed by atoms with Gasteiger partial charge in [-0.05, 0) is 86.8 Å². The first-order valence-electron chi connectivity index (χ1n) is 10.7. The summed E-state index contributed by atoms with van der Waals surface area (Å²) < 4.78 is 0. The molecule has 1 unspecified atom stereocenters. The molecule has 1 aromatic carbocycles. The van der Waals surface area contributed by atoms with Crippen molar-refractivity contribution < 1.29 is 14.7 Å². The molecule has 5 heteroatoms. The molecule has 152 valence electrons. The molecule has 0 radical (unpaired) electrons. The Morgan fingerprint density at radius 3 is 2.14 bits per heavy atom. The number of benzene rings is 1. The summed E-state index contributed by atoms with van der Waals surface area (Å²) in [4.78, 5) is 26.3.